The Kier molecular flexibility index (Phi) is 6.61. The van der Waals surface area contributed by atoms with Gasteiger partial charge in [0.2, 0.25) is 21.9 Å². The zero-order chi connectivity index (χ0) is 19.3. The van der Waals surface area contributed by atoms with Gasteiger partial charge in [-0.25, -0.2) is 22.7 Å². The van der Waals surface area contributed by atoms with Gasteiger partial charge in [0.1, 0.15) is 0 Å². The molecule has 0 N–H and O–H groups in total. The molecule has 1 atom stereocenters. The summed E-state index contributed by atoms with van der Waals surface area (Å²) in [5.74, 6) is 0.420. The Morgan fingerprint density at radius 2 is 1.89 bits per heavy atom. The Morgan fingerprint density at radius 1 is 1.19 bits per heavy atom. The summed E-state index contributed by atoms with van der Waals surface area (Å²) in [4.78, 5) is 25.3. The second-order valence-electron chi connectivity index (χ2n) is 6.87. The van der Waals surface area contributed by atoms with Crippen molar-refractivity contribution in [3.63, 3.8) is 0 Å². The van der Waals surface area contributed by atoms with Gasteiger partial charge in [0, 0.05) is 58.8 Å². The number of aromatic nitrogens is 2. The lowest BCUT2D eigenvalue weighted by atomic mass is 9.98. The molecular weight excluding hydrogens is 370 g/mol. The van der Waals surface area contributed by atoms with E-state index in [2.05, 4.69) is 14.9 Å². The molecule has 0 aliphatic carbocycles. The predicted molar refractivity (Wildman–Crippen MR) is 101 cm³/mol. The summed E-state index contributed by atoms with van der Waals surface area (Å²) in [7, 11) is -1.89. The Morgan fingerprint density at radius 3 is 2.56 bits per heavy atom. The molecule has 9 nitrogen and oxygen atoms in total. The number of amides is 1. The van der Waals surface area contributed by atoms with Crippen LogP contribution in [0.5, 0.6) is 0 Å². The van der Waals surface area contributed by atoms with Crippen LogP contribution in [0, 0.1) is 5.92 Å². The third kappa shape index (κ3) is 4.94. The topological polar surface area (TPSA) is 95.9 Å². The number of methoxy groups -OCH3 is 1. The predicted octanol–water partition coefficient (Wildman–Crippen LogP) is -0.187. The quantitative estimate of drug-likeness (QED) is 0.657. The maximum absolute atomic E-state index is 12.9. The third-order valence-electron chi connectivity index (χ3n) is 5.10. The van der Waals surface area contributed by atoms with Gasteiger partial charge in [-0.2, -0.15) is 0 Å². The van der Waals surface area contributed by atoms with Crippen molar-refractivity contribution in [2.45, 2.75) is 12.8 Å². The molecule has 1 unspecified atom stereocenters. The fourth-order valence-electron chi connectivity index (χ4n) is 3.55. The van der Waals surface area contributed by atoms with Gasteiger partial charge in [-0.1, -0.05) is 0 Å². The number of carbonyl (C=O) groups excluding carboxylic acids is 1. The van der Waals surface area contributed by atoms with Gasteiger partial charge in [0.15, 0.2) is 0 Å². The fraction of sp³-hybridized carbons (Fsp3) is 0.706. The van der Waals surface area contributed by atoms with Crippen molar-refractivity contribution >= 4 is 21.9 Å². The van der Waals surface area contributed by atoms with Gasteiger partial charge in [0.05, 0.1) is 18.3 Å². The summed E-state index contributed by atoms with van der Waals surface area (Å²) in [5.41, 5.74) is 0. The van der Waals surface area contributed by atoms with Crippen LogP contribution in [0.4, 0.5) is 5.95 Å². The summed E-state index contributed by atoms with van der Waals surface area (Å²) in [5, 5.41) is 0. The zero-order valence-electron chi connectivity index (χ0n) is 15.7. The van der Waals surface area contributed by atoms with Crippen LogP contribution in [-0.4, -0.2) is 92.2 Å². The first-order valence-electron chi connectivity index (χ1n) is 9.29. The smallest absolute Gasteiger partial charge is 0.227 e. The summed E-state index contributed by atoms with van der Waals surface area (Å²) in [6.45, 7) is 3.48. The van der Waals surface area contributed by atoms with Gasteiger partial charge >= 0.3 is 0 Å². The van der Waals surface area contributed by atoms with E-state index in [9.17, 15) is 13.2 Å². The molecule has 150 valence electrons. The number of hydrogen-bond acceptors (Lipinski definition) is 7. The van der Waals surface area contributed by atoms with Crippen LogP contribution < -0.4 is 4.90 Å². The largest absolute Gasteiger partial charge is 0.384 e. The SMILES string of the molecule is COCCS(=O)(=O)N1CCCC(C(=O)N2CCN(c3ncccn3)CC2)C1. The fourth-order valence-corrected chi connectivity index (χ4v) is 5.00. The van der Waals surface area contributed by atoms with Crippen LogP contribution in [0.2, 0.25) is 0 Å². The third-order valence-corrected chi connectivity index (χ3v) is 6.90. The van der Waals surface area contributed by atoms with E-state index >= 15 is 0 Å². The van der Waals surface area contributed by atoms with E-state index in [1.165, 1.54) is 11.4 Å². The monoisotopic (exact) mass is 397 g/mol. The van der Waals surface area contributed by atoms with E-state index in [0.717, 1.165) is 6.42 Å². The highest BCUT2D eigenvalue weighted by atomic mass is 32.2. The number of hydrogen-bond donors (Lipinski definition) is 0. The van der Waals surface area contributed by atoms with Crippen molar-refractivity contribution in [3.05, 3.63) is 18.5 Å². The van der Waals surface area contributed by atoms with Crippen molar-refractivity contribution in [3.8, 4) is 0 Å². The number of nitrogens with zero attached hydrogens (tertiary/aromatic N) is 5. The molecular formula is C17H27N5O4S. The first kappa shape index (κ1) is 20.0. The number of carbonyl (C=O) groups is 1. The van der Waals surface area contributed by atoms with Gasteiger partial charge in [-0.3, -0.25) is 4.79 Å². The highest BCUT2D eigenvalue weighted by Crippen LogP contribution is 2.22. The van der Waals surface area contributed by atoms with E-state index in [-0.39, 0.29) is 30.7 Å². The summed E-state index contributed by atoms with van der Waals surface area (Å²) in [6, 6.07) is 1.78. The Hall–Kier alpha value is -1.78. The van der Waals surface area contributed by atoms with Gasteiger partial charge < -0.3 is 14.5 Å². The van der Waals surface area contributed by atoms with Crippen LogP contribution in [0.25, 0.3) is 0 Å². The molecule has 2 aliphatic heterocycles. The molecule has 10 heteroatoms. The standard InChI is InChI=1S/C17H27N5O4S/c1-26-12-13-27(24,25)22-7-2-4-15(14-22)16(23)20-8-10-21(11-9-20)17-18-5-3-6-19-17/h3,5-6,15H,2,4,7-14H2,1H3. The molecule has 2 fully saturated rings. The van der Waals surface area contributed by atoms with Crippen molar-refractivity contribution < 1.29 is 17.9 Å². The molecule has 3 heterocycles. The lowest BCUT2D eigenvalue weighted by molar-refractivity contribution is -0.137. The van der Waals surface area contributed by atoms with Crippen LogP contribution >= 0.6 is 0 Å². The summed E-state index contributed by atoms with van der Waals surface area (Å²) < 4.78 is 31.1. The van der Waals surface area contributed by atoms with Gasteiger partial charge in [-0.15, -0.1) is 0 Å². The van der Waals surface area contributed by atoms with Crippen LogP contribution in [0.1, 0.15) is 12.8 Å². The molecule has 3 rings (SSSR count). The second kappa shape index (κ2) is 8.94. The molecule has 27 heavy (non-hydrogen) atoms. The number of rotatable bonds is 6. The van der Waals surface area contributed by atoms with E-state index < -0.39 is 10.0 Å². The number of piperazine rings is 1. The molecule has 0 radical (unpaired) electrons. The van der Waals surface area contributed by atoms with Crippen molar-refractivity contribution in [1.82, 2.24) is 19.2 Å². The molecule has 0 aromatic carbocycles. The molecule has 1 amide bonds. The molecule has 0 spiro atoms. The maximum atomic E-state index is 12.9. The number of ether oxygens (including phenoxy) is 1. The Bertz CT molecular complexity index is 722. The first-order valence-corrected chi connectivity index (χ1v) is 10.9. The Balaban J connectivity index is 1.55. The Labute approximate surface area is 160 Å². The number of anilines is 1. The van der Waals surface area contributed by atoms with Gasteiger partial charge in [0.25, 0.3) is 0 Å². The molecule has 0 saturated carbocycles. The van der Waals surface area contributed by atoms with Crippen LogP contribution in [-0.2, 0) is 19.6 Å². The van der Waals surface area contributed by atoms with Crippen molar-refractivity contribution in [2.75, 3.05) is 63.6 Å². The van der Waals surface area contributed by atoms with E-state index in [4.69, 9.17) is 4.74 Å². The second-order valence-corrected chi connectivity index (χ2v) is 8.96. The maximum Gasteiger partial charge on any atom is 0.227 e. The highest BCUT2D eigenvalue weighted by molar-refractivity contribution is 7.89. The minimum absolute atomic E-state index is 0.0415. The first-order chi connectivity index (χ1) is 13.0. The average molecular weight is 398 g/mol. The number of piperidine rings is 1. The molecule has 0 bridgehead atoms. The average Bonchev–Trinajstić information content (AvgIpc) is 2.72. The summed E-state index contributed by atoms with van der Waals surface area (Å²) in [6.07, 6.45) is 4.86. The molecule has 2 saturated heterocycles. The van der Waals surface area contributed by atoms with Crippen LogP contribution in [0.15, 0.2) is 18.5 Å². The highest BCUT2D eigenvalue weighted by Gasteiger charge is 2.35. The summed E-state index contributed by atoms with van der Waals surface area (Å²) >= 11 is 0. The van der Waals surface area contributed by atoms with E-state index in [1.54, 1.807) is 18.5 Å². The number of sulfonamides is 1. The van der Waals surface area contributed by atoms with Crippen molar-refractivity contribution in [2.24, 2.45) is 5.92 Å². The molecule has 2 aliphatic rings. The van der Waals surface area contributed by atoms with E-state index in [0.29, 0.717) is 45.1 Å². The lowest BCUT2D eigenvalue weighted by Crippen LogP contribution is -2.53. The minimum atomic E-state index is -3.37. The molecule has 1 aromatic rings. The lowest BCUT2D eigenvalue weighted by Gasteiger charge is -2.38. The molecule has 1 aromatic heterocycles. The zero-order valence-corrected chi connectivity index (χ0v) is 16.5. The van der Waals surface area contributed by atoms with Crippen molar-refractivity contribution in [1.29, 1.82) is 0 Å². The normalized spacial score (nSPS) is 22.0. The van der Waals surface area contributed by atoms with E-state index in [1.807, 2.05) is 4.90 Å². The van der Waals surface area contributed by atoms with Gasteiger partial charge in [-0.05, 0) is 18.9 Å². The van der Waals surface area contributed by atoms with Crippen LogP contribution in [0.3, 0.4) is 0 Å². The minimum Gasteiger partial charge on any atom is -0.384 e.